The first-order chi connectivity index (χ1) is 12.9. The molecule has 0 aliphatic carbocycles. The topological polar surface area (TPSA) is 89.5 Å². The van der Waals surface area contributed by atoms with Crippen molar-refractivity contribution in [2.75, 3.05) is 20.3 Å². The van der Waals surface area contributed by atoms with E-state index in [-0.39, 0.29) is 17.4 Å². The molecule has 1 atom stereocenters. The maximum atomic E-state index is 12.6. The SMILES string of the molecule is C=C(COOC)COC(C)CCCCn1c(=O)c2c(ncn2C)n(C)c1=O. The van der Waals surface area contributed by atoms with E-state index in [0.717, 1.165) is 18.4 Å². The predicted octanol–water partition coefficient (Wildman–Crippen LogP) is 1.14. The number of hydrogen-bond donors (Lipinski definition) is 0. The number of rotatable bonds is 11. The van der Waals surface area contributed by atoms with E-state index >= 15 is 0 Å². The maximum Gasteiger partial charge on any atom is 0.332 e. The number of unbranched alkanes of at least 4 members (excludes halogenated alkanes) is 1. The Bertz CT molecular complexity index is 896. The molecule has 0 radical (unpaired) electrons. The van der Waals surface area contributed by atoms with Crippen LogP contribution in [-0.2, 0) is 35.2 Å². The normalized spacial score (nSPS) is 12.6. The van der Waals surface area contributed by atoms with Gasteiger partial charge in [-0.15, -0.1) is 0 Å². The summed E-state index contributed by atoms with van der Waals surface area (Å²) in [5, 5.41) is 0. The standard InChI is InChI=1S/C18H28N4O5/c1-13(11-27-25-5)10-26-14(2)8-6-7-9-22-17(23)15-16(19-12-20(15)3)21(4)18(22)24/h12,14H,1,6-11H2,2-5H3. The Balaban J connectivity index is 1.87. The van der Waals surface area contributed by atoms with E-state index in [4.69, 9.17) is 9.62 Å². The lowest BCUT2D eigenvalue weighted by molar-refractivity contribution is -0.266. The molecule has 0 saturated heterocycles. The molecule has 9 heteroatoms. The molecule has 1 unspecified atom stereocenters. The van der Waals surface area contributed by atoms with Gasteiger partial charge in [-0.1, -0.05) is 6.58 Å². The monoisotopic (exact) mass is 380 g/mol. The minimum absolute atomic E-state index is 0.0448. The number of ether oxygens (including phenoxy) is 1. The molecule has 9 nitrogen and oxygen atoms in total. The predicted molar refractivity (Wildman–Crippen MR) is 102 cm³/mol. The fourth-order valence-corrected chi connectivity index (χ4v) is 2.82. The molecule has 0 bridgehead atoms. The molecular formula is C18H28N4O5. The Kier molecular flexibility index (Phi) is 7.52. The highest BCUT2D eigenvalue weighted by Crippen LogP contribution is 2.08. The van der Waals surface area contributed by atoms with Gasteiger partial charge in [-0.3, -0.25) is 13.9 Å². The van der Waals surface area contributed by atoms with Crippen molar-refractivity contribution >= 4 is 11.2 Å². The van der Waals surface area contributed by atoms with Gasteiger partial charge in [0.2, 0.25) is 0 Å². The van der Waals surface area contributed by atoms with Crippen LogP contribution in [0.25, 0.3) is 11.2 Å². The third kappa shape index (κ3) is 5.15. The summed E-state index contributed by atoms with van der Waals surface area (Å²) >= 11 is 0. The number of imidazole rings is 1. The Morgan fingerprint density at radius 2 is 2.00 bits per heavy atom. The summed E-state index contributed by atoms with van der Waals surface area (Å²) in [5.74, 6) is 0. The summed E-state index contributed by atoms with van der Waals surface area (Å²) in [6.45, 7) is 6.90. The second-order valence-electron chi connectivity index (χ2n) is 6.62. The molecular weight excluding hydrogens is 352 g/mol. The van der Waals surface area contributed by atoms with Gasteiger partial charge in [0.25, 0.3) is 5.56 Å². The highest BCUT2D eigenvalue weighted by molar-refractivity contribution is 5.69. The van der Waals surface area contributed by atoms with Gasteiger partial charge < -0.3 is 9.30 Å². The molecule has 0 spiro atoms. The summed E-state index contributed by atoms with van der Waals surface area (Å²) in [5.41, 5.74) is 0.994. The van der Waals surface area contributed by atoms with Crippen molar-refractivity contribution in [3.8, 4) is 0 Å². The van der Waals surface area contributed by atoms with Gasteiger partial charge in [-0.25, -0.2) is 19.6 Å². The number of aryl methyl sites for hydroxylation is 2. The van der Waals surface area contributed by atoms with E-state index in [9.17, 15) is 9.59 Å². The number of nitrogens with zero attached hydrogens (tertiary/aromatic N) is 4. The van der Waals surface area contributed by atoms with E-state index < -0.39 is 0 Å². The Labute approximate surface area is 157 Å². The summed E-state index contributed by atoms with van der Waals surface area (Å²) in [6, 6.07) is 0. The van der Waals surface area contributed by atoms with Gasteiger partial charge >= 0.3 is 5.69 Å². The zero-order chi connectivity index (χ0) is 20.0. The molecule has 0 amide bonds. The minimum atomic E-state index is -0.343. The van der Waals surface area contributed by atoms with Crippen LogP contribution in [0.4, 0.5) is 0 Å². The van der Waals surface area contributed by atoms with Gasteiger partial charge in [-0.2, -0.15) is 0 Å². The number of aromatic nitrogens is 4. The van der Waals surface area contributed by atoms with Crippen LogP contribution >= 0.6 is 0 Å². The van der Waals surface area contributed by atoms with Crippen LogP contribution in [-0.4, -0.2) is 45.1 Å². The van der Waals surface area contributed by atoms with Gasteiger partial charge in [0.15, 0.2) is 11.2 Å². The molecule has 27 heavy (non-hydrogen) atoms. The van der Waals surface area contributed by atoms with Crippen LogP contribution in [0.15, 0.2) is 28.1 Å². The first-order valence-corrected chi connectivity index (χ1v) is 8.91. The molecule has 0 N–H and O–H groups in total. The third-order valence-electron chi connectivity index (χ3n) is 4.40. The van der Waals surface area contributed by atoms with Gasteiger partial charge in [0.1, 0.15) is 6.61 Å². The van der Waals surface area contributed by atoms with Crippen LogP contribution < -0.4 is 11.2 Å². The highest BCUT2D eigenvalue weighted by atomic mass is 17.2. The lowest BCUT2D eigenvalue weighted by Gasteiger charge is -2.14. The third-order valence-corrected chi connectivity index (χ3v) is 4.40. The van der Waals surface area contributed by atoms with E-state index in [1.54, 1.807) is 25.0 Å². The highest BCUT2D eigenvalue weighted by Gasteiger charge is 2.14. The van der Waals surface area contributed by atoms with Crippen molar-refractivity contribution in [3.05, 3.63) is 39.3 Å². The van der Waals surface area contributed by atoms with E-state index in [1.165, 1.54) is 16.2 Å². The van der Waals surface area contributed by atoms with Crippen molar-refractivity contribution in [1.82, 2.24) is 18.7 Å². The second-order valence-corrected chi connectivity index (χ2v) is 6.62. The summed E-state index contributed by atoms with van der Waals surface area (Å²) < 4.78 is 10.0. The van der Waals surface area contributed by atoms with Crippen LogP contribution in [0.5, 0.6) is 0 Å². The molecule has 2 rings (SSSR count). The molecule has 2 aromatic rings. The van der Waals surface area contributed by atoms with Gasteiger partial charge in [0.05, 0.1) is 26.1 Å². The number of hydrogen-bond acceptors (Lipinski definition) is 6. The van der Waals surface area contributed by atoms with Crippen molar-refractivity contribution in [3.63, 3.8) is 0 Å². The largest absolute Gasteiger partial charge is 0.374 e. The van der Waals surface area contributed by atoms with Crippen molar-refractivity contribution in [2.45, 2.75) is 38.8 Å². The van der Waals surface area contributed by atoms with E-state index in [0.29, 0.717) is 37.3 Å². The van der Waals surface area contributed by atoms with Gasteiger partial charge in [-0.05, 0) is 31.8 Å². The first kappa shape index (κ1) is 21.1. The van der Waals surface area contributed by atoms with E-state index in [1.807, 2.05) is 6.92 Å². The fourth-order valence-electron chi connectivity index (χ4n) is 2.82. The number of fused-ring (bicyclic) bond motifs is 1. The minimum Gasteiger partial charge on any atom is -0.374 e. The van der Waals surface area contributed by atoms with Crippen LogP contribution in [0, 0.1) is 0 Å². The molecule has 0 fully saturated rings. The molecule has 0 aliphatic rings. The van der Waals surface area contributed by atoms with Crippen molar-refractivity contribution in [2.24, 2.45) is 14.1 Å². The zero-order valence-corrected chi connectivity index (χ0v) is 16.4. The van der Waals surface area contributed by atoms with Gasteiger partial charge in [0, 0.05) is 20.6 Å². The van der Waals surface area contributed by atoms with E-state index in [2.05, 4.69) is 16.5 Å². The molecule has 150 valence electrons. The van der Waals surface area contributed by atoms with Crippen LogP contribution in [0.2, 0.25) is 0 Å². The fraction of sp³-hybridized carbons (Fsp3) is 0.611. The Morgan fingerprint density at radius 3 is 2.70 bits per heavy atom. The molecule has 2 aromatic heterocycles. The van der Waals surface area contributed by atoms with Crippen molar-refractivity contribution in [1.29, 1.82) is 0 Å². The summed E-state index contributed by atoms with van der Waals surface area (Å²) in [6.07, 6.45) is 3.95. The smallest absolute Gasteiger partial charge is 0.332 e. The lowest BCUT2D eigenvalue weighted by atomic mass is 10.1. The molecule has 0 saturated carbocycles. The van der Waals surface area contributed by atoms with Crippen LogP contribution in [0.1, 0.15) is 26.2 Å². The summed E-state index contributed by atoms with van der Waals surface area (Å²) in [4.78, 5) is 38.5. The molecule has 2 heterocycles. The average molecular weight is 380 g/mol. The quantitative estimate of drug-likeness (QED) is 0.251. The Morgan fingerprint density at radius 1 is 1.26 bits per heavy atom. The first-order valence-electron chi connectivity index (χ1n) is 8.91. The summed E-state index contributed by atoms with van der Waals surface area (Å²) in [7, 11) is 4.82. The molecule has 0 aliphatic heterocycles. The average Bonchev–Trinajstić information content (AvgIpc) is 3.04. The van der Waals surface area contributed by atoms with Crippen LogP contribution in [0.3, 0.4) is 0 Å². The Hall–Kier alpha value is -2.23. The lowest BCUT2D eigenvalue weighted by Crippen LogP contribution is -2.39. The zero-order valence-electron chi connectivity index (χ0n) is 16.4. The molecule has 0 aromatic carbocycles. The van der Waals surface area contributed by atoms with Crippen molar-refractivity contribution < 1.29 is 14.5 Å². The second kappa shape index (κ2) is 9.63. The maximum absolute atomic E-state index is 12.6.